The minimum absolute atomic E-state index is 0.0438. The Labute approximate surface area is 89.5 Å². The summed E-state index contributed by atoms with van der Waals surface area (Å²) in [4.78, 5) is 29.0. The van der Waals surface area contributed by atoms with Gasteiger partial charge in [0.25, 0.3) is 0 Å². The quantitative estimate of drug-likeness (QED) is 0.459. The number of H-pyrrole nitrogens is 1. The van der Waals surface area contributed by atoms with Gasteiger partial charge in [-0.2, -0.15) is 0 Å². The summed E-state index contributed by atoms with van der Waals surface area (Å²) < 4.78 is 4.75. The van der Waals surface area contributed by atoms with E-state index in [0.717, 1.165) is 11.3 Å². The average molecular weight is 230 g/mol. The maximum Gasteiger partial charge on any atom is 0.362 e. The number of nitrogens with one attached hydrogen (secondary N) is 1. The van der Waals surface area contributed by atoms with Crippen molar-refractivity contribution >= 4 is 23.0 Å². The molecule has 0 atom stereocenters. The zero-order valence-electron chi connectivity index (χ0n) is 8.27. The van der Waals surface area contributed by atoms with Gasteiger partial charge in [-0.05, 0) is 6.92 Å². The fourth-order valence-electron chi connectivity index (χ4n) is 0.883. The molecule has 6 nitrogen and oxygen atoms in total. The molecule has 0 aromatic carbocycles. The number of esters is 1. The lowest BCUT2D eigenvalue weighted by Gasteiger charge is -2.02. The number of hydrogen-bond donors (Lipinski definition) is 1. The number of aromatic nitrogens is 1. The Bertz CT molecular complexity index is 420. The highest BCUT2D eigenvalue weighted by molar-refractivity contribution is 7.07. The number of oxime groups is 1. The summed E-state index contributed by atoms with van der Waals surface area (Å²) >= 11 is 0.939. The number of hydrogen-bond acceptors (Lipinski definition) is 6. The summed E-state index contributed by atoms with van der Waals surface area (Å²) in [6, 6.07) is 0. The largest absolute Gasteiger partial charge is 0.461 e. The Hall–Kier alpha value is -1.63. The van der Waals surface area contributed by atoms with Gasteiger partial charge in [-0.1, -0.05) is 16.5 Å². The lowest BCUT2D eigenvalue weighted by Crippen LogP contribution is -2.20. The molecule has 15 heavy (non-hydrogen) atoms. The number of aromatic amines is 1. The third-order valence-corrected chi connectivity index (χ3v) is 2.10. The molecule has 1 N–H and O–H groups in total. The van der Waals surface area contributed by atoms with Crippen LogP contribution in [0.15, 0.2) is 15.3 Å². The Morgan fingerprint density at radius 1 is 1.67 bits per heavy atom. The highest BCUT2D eigenvalue weighted by Gasteiger charge is 2.18. The van der Waals surface area contributed by atoms with Crippen LogP contribution in [0.1, 0.15) is 12.6 Å². The molecule has 1 aromatic heterocycles. The molecule has 0 saturated heterocycles. The van der Waals surface area contributed by atoms with Crippen LogP contribution in [-0.4, -0.2) is 30.4 Å². The predicted octanol–water partition coefficient (Wildman–Crippen LogP) is 0.350. The molecule has 0 spiro atoms. The zero-order chi connectivity index (χ0) is 11.3. The normalized spacial score (nSPS) is 11.2. The first kappa shape index (κ1) is 11.4. The monoisotopic (exact) mass is 230 g/mol. The smallest absolute Gasteiger partial charge is 0.362 e. The van der Waals surface area contributed by atoms with Gasteiger partial charge in [0.1, 0.15) is 7.11 Å². The van der Waals surface area contributed by atoms with Crippen molar-refractivity contribution in [2.75, 3.05) is 13.7 Å². The first-order valence-electron chi connectivity index (χ1n) is 4.15. The second kappa shape index (κ2) is 5.30. The standard InChI is InChI=1S/C8H10N2O4S/c1-3-14-7(11)6(10-13-2)5-4-15-8(12)9-5/h4H,3H2,1-2H3,(H,9,12). The number of rotatable bonds is 4. The maximum absolute atomic E-state index is 11.4. The van der Waals surface area contributed by atoms with Crippen molar-refractivity contribution in [1.82, 2.24) is 4.98 Å². The average Bonchev–Trinajstić information content (AvgIpc) is 2.61. The van der Waals surface area contributed by atoms with E-state index in [0.29, 0.717) is 5.69 Å². The fraction of sp³-hybridized carbons (Fsp3) is 0.375. The Morgan fingerprint density at radius 2 is 2.40 bits per heavy atom. The van der Waals surface area contributed by atoms with E-state index in [-0.39, 0.29) is 17.2 Å². The topological polar surface area (TPSA) is 80.8 Å². The highest BCUT2D eigenvalue weighted by atomic mass is 32.1. The molecule has 0 radical (unpaired) electrons. The van der Waals surface area contributed by atoms with Crippen LogP contribution in [0.2, 0.25) is 0 Å². The second-order valence-electron chi connectivity index (χ2n) is 2.40. The van der Waals surface area contributed by atoms with Crippen molar-refractivity contribution in [3.63, 3.8) is 0 Å². The van der Waals surface area contributed by atoms with Gasteiger partial charge in [-0.15, -0.1) is 0 Å². The molecule has 0 aliphatic rings. The van der Waals surface area contributed by atoms with E-state index < -0.39 is 5.97 Å². The number of ether oxygens (including phenoxy) is 1. The van der Waals surface area contributed by atoms with Crippen molar-refractivity contribution in [3.05, 3.63) is 20.7 Å². The minimum Gasteiger partial charge on any atom is -0.461 e. The van der Waals surface area contributed by atoms with Crippen molar-refractivity contribution < 1.29 is 14.4 Å². The molecule has 0 amide bonds. The number of carbonyl (C=O) groups is 1. The van der Waals surface area contributed by atoms with Crippen LogP contribution in [0.3, 0.4) is 0 Å². The molecule has 0 fully saturated rings. The Morgan fingerprint density at radius 3 is 2.87 bits per heavy atom. The van der Waals surface area contributed by atoms with E-state index in [4.69, 9.17) is 4.74 Å². The van der Waals surface area contributed by atoms with Gasteiger partial charge >= 0.3 is 10.8 Å². The van der Waals surface area contributed by atoms with E-state index in [1.54, 1.807) is 6.92 Å². The summed E-state index contributed by atoms with van der Waals surface area (Å²) in [5.74, 6) is -0.631. The molecule has 1 heterocycles. The van der Waals surface area contributed by atoms with Crippen LogP contribution < -0.4 is 4.87 Å². The van der Waals surface area contributed by atoms with Crippen molar-refractivity contribution in [1.29, 1.82) is 0 Å². The van der Waals surface area contributed by atoms with E-state index in [1.807, 2.05) is 0 Å². The van der Waals surface area contributed by atoms with Crippen LogP contribution >= 0.6 is 11.3 Å². The number of nitrogens with zero attached hydrogens (tertiary/aromatic N) is 1. The van der Waals surface area contributed by atoms with E-state index in [2.05, 4.69) is 15.0 Å². The first-order chi connectivity index (χ1) is 7.19. The second-order valence-corrected chi connectivity index (χ2v) is 3.25. The summed E-state index contributed by atoms with van der Waals surface area (Å²) in [7, 11) is 1.31. The van der Waals surface area contributed by atoms with Gasteiger partial charge < -0.3 is 14.6 Å². The van der Waals surface area contributed by atoms with Gasteiger partial charge in [-0.25, -0.2) is 4.79 Å². The van der Waals surface area contributed by atoms with E-state index >= 15 is 0 Å². The molecule has 0 bridgehead atoms. The molecule has 0 aliphatic carbocycles. The van der Waals surface area contributed by atoms with E-state index in [1.165, 1.54) is 12.5 Å². The Kier molecular flexibility index (Phi) is 4.04. The minimum atomic E-state index is -0.631. The molecule has 0 saturated carbocycles. The summed E-state index contributed by atoms with van der Waals surface area (Å²) in [6.45, 7) is 1.91. The lowest BCUT2D eigenvalue weighted by molar-refractivity contribution is -0.135. The SMILES string of the molecule is CCOC(=O)C(=NOC)c1csc(=O)[nH]1. The molecule has 1 rings (SSSR count). The van der Waals surface area contributed by atoms with Crippen molar-refractivity contribution in [3.8, 4) is 0 Å². The van der Waals surface area contributed by atoms with Crippen molar-refractivity contribution in [2.45, 2.75) is 6.92 Å². The molecule has 7 heteroatoms. The van der Waals surface area contributed by atoms with Crippen LogP contribution in [0.5, 0.6) is 0 Å². The molecule has 0 unspecified atom stereocenters. The molecular weight excluding hydrogens is 220 g/mol. The van der Waals surface area contributed by atoms with Crippen LogP contribution in [0, 0.1) is 0 Å². The lowest BCUT2D eigenvalue weighted by atomic mass is 10.3. The van der Waals surface area contributed by atoms with Crippen LogP contribution in [0.4, 0.5) is 0 Å². The number of thiazole rings is 1. The van der Waals surface area contributed by atoms with Crippen LogP contribution in [-0.2, 0) is 14.4 Å². The number of carbonyl (C=O) groups excluding carboxylic acids is 1. The van der Waals surface area contributed by atoms with Gasteiger partial charge in [0.05, 0.1) is 12.3 Å². The summed E-state index contributed by atoms with van der Waals surface area (Å²) in [5, 5.41) is 4.99. The Balaban J connectivity index is 2.98. The molecule has 1 aromatic rings. The van der Waals surface area contributed by atoms with E-state index in [9.17, 15) is 9.59 Å². The zero-order valence-corrected chi connectivity index (χ0v) is 9.09. The van der Waals surface area contributed by atoms with Gasteiger partial charge in [-0.3, -0.25) is 4.79 Å². The van der Waals surface area contributed by atoms with Gasteiger partial charge in [0.15, 0.2) is 0 Å². The van der Waals surface area contributed by atoms with Gasteiger partial charge in [0.2, 0.25) is 5.71 Å². The molecule has 82 valence electrons. The molecular formula is C8H10N2O4S. The maximum atomic E-state index is 11.4. The summed E-state index contributed by atoms with van der Waals surface area (Å²) in [5.41, 5.74) is 0.253. The van der Waals surface area contributed by atoms with Crippen molar-refractivity contribution in [2.24, 2.45) is 5.16 Å². The third kappa shape index (κ3) is 2.91. The fourth-order valence-corrected chi connectivity index (χ4v) is 1.45. The highest BCUT2D eigenvalue weighted by Crippen LogP contribution is 2.01. The van der Waals surface area contributed by atoms with Gasteiger partial charge in [0, 0.05) is 5.38 Å². The summed E-state index contributed by atoms with van der Waals surface area (Å²) in [6.07, 6.45) is 0. The third-order valence-electron chi connectivity index (χ3n) is 1.43. The predicted molar refractivity (Wildman–Crippen MR) is 55.1 cm³/mol. The molecule has 0 aliphatic heterocycles. The first-order valence-corrected chi connectivity index (χ1v) is 5.03. The van der Waals surface area contributed by atoms with Crippen LogP contribution in [0.25, 0.3) is 0 Å².